The van der Waals surface area contributed by atoms with E-state index in [-0.39, 0.29) is 12.0 Å². The van der Waals surface area contributed by atoms with Crippen LogP contribution in [-0.4, -0.2) is 42.8 Å². The molecule has 0 saturated heterocycles. The van der Waals surface area contributed by atoms with E-state index >= 15 is 0 Å². The van der Waals surface area contributed by atoms with Gasteiger partial charge in [0.25, 0.3) is 0 Å². The van der Waals surface area contributed by atoms with Gasteiger partial charge in [-0.25, -0.2) is 4.79 Å². The molecule has 0 heterocycles. The van der Waals surface area contributed by atoms with Gasteiger partial charge in [0, 0.05) is 6.61 Å². The van der Waals surface area contributed by atoms with Gasteiger partial charge in [0.2, 0.25) is 0 Å². The molecule has 7 heteroatoms. The number of aliphatic carboxylic acids is 1. The second-order valence-electron chi connectivity index (χ2n) is 3.98. The van der Waals surface area contributed by atoms with Crippen LogP contribution < -0.4 is 0 Å². The van der Waals surface area contributed by atoms with Crippen LogP contribution in [0.15, 0.2) is 12.3 Å². The highest BCUT2D eigenvalue weighted by molar-refractivity contribution is 5.83. The van der Waals surface area contributed by atoms with E-state index in [1.165, 1.54) is 0 Å². The Balaban J connectivity index is 3.99. The summed E-state index contributed by atoms with van der Waals surface area (Å²) in [5.41, 5.74) is 0. The zero-order valence-electron chi connectivity index (χ0n) is 12.6. The molecule has 118 valence electrons. The van der Waals surface area contributed by atoms with Crippen LogP contribution in [0.3, 0.4) is 0 Å². The Morgan fingerprint density at radius 2 is 1.45 bits per heavy atom. The summed E-state index contributed by atoms with van der Waals surface area (Å²) in [5.74, 6) is -1.63. The first kappa shape index (κ1) is 18.9. The second-order valence-corrected chi connectivity index (χ2v) is 3.98. The maximum atomic E-state index is 10.5. The van der Waals surface area contributed by atoms with Gasteiger partial charge in [-0.1, -0.05) is 0 Å². The normalized spacial score (nSPS) is 17.1. The van der Waals surface area contributed by atoms with Gasteiger partial charge in [0.15, 0.2) is 30.9 Å². The second kappa shape index (κ2) is 9.71. The molecule has 0 aliphatic heterocycles. The number of carboxylic acids is 1. The average Bonchev–Trinajstić information content (AvgIpc) is 2.27. The lowest BCUT2D eigenvalue weighted by Crippen LogP contribution is -2.29. The number of rotatable bonds is 11. The number of hydrogen-bond acceptors (Lipinski definition) is 6. The fourth-order valence-electron chi connectivity index (χ4n) is 1.43. The fourth-order valence-corrected chi connectivity index (χ4v) is 1.43. The molecule has 0 bridgehead atoms. The summed E-state index contributed by atoms with van der Waals surface area (Å²) < 4.78 is 26.2. The first-order valence-electron chi connectivity index (χ1n) is 6.43. The van der Waals surface area contributed by atoms with Crippen molar-refractivity contribution in [3.8, 4) is 0 Å². The lowest BCUT2D eigenvalue weighted by molar-refractivity contribution is -0.301. The first-order valence-corrected chi connectivity index (χ1v) is 6.43. The van der Waals surface area contributed by atoms with E-state index < -0.39 is 24.8 Å². The molecule has 0 spiro atoms. The molecule has 0 aliphatic rings. The predicted octanol–water partition coefficient (Wildman–Crippen LogP) is 2.07. The summed E-state index contributed by atoms with van der Waals surface area (Å²) in [4.78, 5) is 10.5. The van der Waals surface area contributed by atoms with E-state index in [4.69, 9.17) is 28.8 Å². The fraction of sp³-hybridized carbons (Fsp3) is 0.769. The van der Waals surface area contributed by atoms with Gasteiger partial charge in [-0.2, -0.15) is 0 Å². The zero-order chi connectivity index (χ0) is 15.7. The van der Waals surface area contributed by atoms with Crippen LogP contribution in [0.5, 0.6) is 0 Å². The van der Waals surface area contributed by atoms with Crippen LogP contribution in [0.1, 0.15) is 34.6 Å². The zero-order valence-corrected chi connectivity index (χ0v) is 12.6. The summed E-state index contributed by atoms with van der Waals surface area (Å²) in [5, 5.41) is 8.61. The van der Waals surface area contributed by atoms with Crippen molar-refractivity contribution >= 4 is 5.97 Å². The summed E-state index contributed by atoms with van der Waals surface area (Å²) in [7, 11) is 0. The molecule has 1 N–H and O–H groups in total. The summed E-state index contributed by atoms with van der Waals surface area (Å²) >= 11 is 0. The number of hydrogen-bond donors (Lipinski definition) is 1. The molecule has 0 rings (SSSR count). The maximum Gasteiger partial charge on any atom is 0.370 e. The quantitative estimate of drug-likeness (QED) is 0.354. The molecule has 0 saturated carbocycles. The Kier molecular flexibility index (Phi) is 9.15. The van der Waals surface area contributed by atoms with Gasteiger partial charge in [0.05, 0.1) is 0 Å². The van der Waals surface area contributed by atoms with Gasteiger partial charge in [-0.3, -0.25) is 0 Å². The van der Waals surface area contributed by atoms with E-state index in [1.54, 1.807) is 27.7 Å². The molecule has 0 amide bonds. The van der Waals surface area contributed by atoms with Crippen LogP contribution >= 0.6 is 0 Å². The van der Waals surface area contributed by atoms with Crippen LogP contribution in [0.4, 0.5) is 0 Å². The monoisotopic (exact) mass is 292 g/mol. The predicted molar refractivity (Wildman–Crippen MR) is 70.6 cm³/mol. The molecule has 0 aromatic rings. The van der Waals surface area contributed by atoms with Gasteiger partial charge < -0.3 is 28.8 Å². The maximum absolute atomic E-state index is 10.5. The highest BCUT2D eigenvalue weighted by Gasteiger charge is 2.17. The van der Waals surface area contributed by atoms with Crippen molar-refractivity contribution in [1.82, 2.24) is 0 Å². The van der Waals surface area contributed by atoms with Crippen LogP contribution in [-0.2, 0) is 28.5 Å². The number of carboxylic acid groups (broad SMARTS) is 1. The van der Waals surface area contributed by atoms with Gasteiger partial charge >= 0.3 is 5.97 Å². The minimum Gasteiger partial charge on any atom is -0.475 e. The third kappa shape index (κ3) is 8.87. The van der Waals surface area contributed by atoms with Crippen molar-refractivity contribution < 1.29 is 33.6 Å². The van der Waals surface area contributed by atoms with Gasteiger partial charge in [-0.05, 0) is 41.2 Å². The Labute approximate surface area is 119 Å². The molecule has 7 nitrogen and oxygen atoms in total. The standard InChI is InChI=1S/C13H24O7/c1-7-16-9(3)18-11(5)20-12(6)19-10(4)17-8(2)13(14)15/h9-12H,2,7H2,1,3-6H3,(H,14,15). The lowest BCUT2D eigenvalue weighted by Gasteiger charge is -2.25. The summed E-state index contributed by atoms with van der Waals surface area (Å²) in [6.07, 6.45) is -2.37. The molecule has 4 unspecified atom stereocenters. The molecule has 0 aromatic heterocycles. The SMILES string of the molecule is C=C(OC(C)OC(C)OC(C)OC(C)OCC)C(=O)O. The van der Waals surface area contributed by atoms with Crippen molar-refractivity contribution in [2.45, 2.75) is 59.8 Å². The van der Waals surface area contributed by atoms with Crippen LogP contribution in [0, 0.1) is 0 Å². The molecule has 0 aliphatic carbocycles. The van der Waals surface area contributed by atoms with E-state index in [1.807, 2.05) is 6.92 Å². The minimum absolute atomic E-state index is 0.386. The van der Waals surface area contributed by atoms with Crippen molar-refractivity contribution in [1.29, 1.82) is 0 Å². The molecule has 0 radical (unpaired) electrons. The third-order valence-corrected chi connectivity index (χ3v) is 2.10. The Hall–Kier alpha value is -1.15. The van der Waals surface area contributed by atoms with E-state index in [0.717, 1.165) is 0 Å². The Bertz CT molecular complexity index is 305. The Morgan fingerprint density at radius 3 is 1.90 bits per heavy atom. The topological polar surface area (TPSA) is 83.5 Å². The van der Waals surface area contributed by atoms with E-state index in [0.29, 0.717) is 6.61 Å². The number of ether oxygens (including phenoxy) is 5. The van der Waals surface area contributed by atoms with Gasteiger partial charge in [0.1, 0.15) is 0 Å². The largest absolute Gasteiger partial charge is 0.475 e. The molecular weight excluding hydrogens is 268 g/mol. The summed E-state index contributed by atoms with van der Waals surface area (Å²) in [6.45, 7) is 12.3. The van der Waals surface area contributed by atoms with Crippen molar-refractivity contribution in [2.75, 3.05) is 6.61 Å². The lowest BCUT2D eigenvalue weighted by atomic mass is 10.5. The minimum atomic E-state index is -1.24. The summed E-state index contributed by atoms with van der Waals surface area (Å²) in [6, 6.07) is 0. The smallest absolute Gasteiger partial charge is 0.370 e. The van der Waals surface area contributed by atoms with Crippen molar-refractivity contribution in [2.24, 2.45) is 0 Å². The van der Waals surface area contributed by atoms with Crippen molar-refractivity contribution in [3.63, 3.8) is 0 Å². The van der Waals surface area contributed by atoms with Crippen LogP contribution in [0.2, 0.25) is 0 Å². The van der Waals surface area contributed by atoms with Crippen molar-refractivity contribution in [3.05, 3.63) is 12.3 Å². The van der Waals surface area contributed by atoms with E-state index in [9.17, 15) is 4.79 Å². The molecule has 20 heavy (non-hydrogen) atoms. The molecular formula is C13H24O7. The first-order chi connectivity index (χ1) is 9.26. The highest BCUT2D eigenvalue weighted by Crippen LogP contribution is 2.10. The van der Waals surface area contributed by atoms with E-state index in [2.05, 4.69) is 6.58 Å². The van der Waals surface area contributed by atoms with Crippen LogP contribution in [0.25, 0.3) is 0 Å². The average molecular weight is 292 g/mol. The molecule has 0 aromatic carbocycles. The van der Waals surface area contributed by atoms with Gasteiger partial charge in [-0.15, -0.1) is 0 Å². The highest BCUT2D eigenvalue weighted by atomic mass is 16.8. The Morgan fingerprint density at radius 1 is 1.00 bits per heavy atom. The number of carbonyl (C=O) groups is 1. The molecule has 0 fully saturated rings. The molecule has 4 atom stereocenters. The third-order valence-electron chi connectivity index (χ3n) is 2.10.